The van der Waals surface area contributed by atoms with Crippen molar-refractivity contribution in [1.29, 1.82) is 0 Å². The number of hydrogen-bond acceptors (Lipinski definition) is 1. The van der Waals surface area contributed by atoms with Crippen LogP contribution < -0.4 is 5.32 Å². The molecule has 1 aliphatic heterocycles. The molecule has 2 rings (SSSR count). The van der Waals surface area contributed by atoms with Crippen LogP contribution in [0.5, 0.6) is 0 Å². The molecule has 1 atom stereocenters. The summed E-state index contributed by atoms with van der Waals surface area (Å²) in [6.45, 7) is 3.37. The number of hydrogen-bond donors (Lipinski definition) is 1. The Hall–Kier alpha value is -0.150. The number of rotatable bonds is 1. The lowest BCUT2D eigenvalue weighted by molar-refractivity contribution is -1.08. The average Bonchev–Trinajstić information content (AvgIpc) is 2.23. The van der Waals surface area contributed by atoms with E-state index in [1.165, 1.54) is 32.1 Å². The van der Waals surface area contributed by atoms with Gasteiger partial charge >= 0.3 is 0 Å². The Morgan fingerprint density at radius 1 is 0.765 bits per heavy atom. The fourth-order valence-electron chi connectivity index (χ4n) is 3.39. The second-order valence-electron chi connectivity index (χ2n) is 5.83. The molecule has 0 aromatic carbocycles. The summed E-state index contributed by atoms with van der Waals surface area (Å²) in [6.07, 6.45) is 10.9. The first kappa shape index (κ1) is 13.3. The van der Waals surface area contributed by atoms with Gasteiger partial charge in [0.05, 0.1) is 0 Å². The average molecular weight is 243 g/mol. The third-order valence-electron chi connectivity index (χ3n) is 4.52. The van der Waals surface area contributed by atoms with E-state index in [-0.39, 0.29) is 10.7 Å². The van der Waals surface area contributed by atoms with Gasteiger partial charge in [0.2, 0.25) is 0 Å². The zero-order valence-corrected chi connectivity index (χ0v) is 11.1. The van der Waals surface area contributed by atoms with Crippen LogP contribution in [0.2, 0.25) is 0 Å². The van der Waals surface area contributed by atoms with Gasteiger partial charge in [-0.2, -0.15) is 0 Å². The summed E-state index contributed by atoms with van der Waals surface area (Å²) in [5.41, 5.74) is 0. The first-order valence-electron chi connectivity index (χ1n) is 7.58. The fraction of sp³-hybridized carbons (Fsp3) is 1.00. The molecule has 0 spiro atoms. The van der Waals surface area contributed by atoms with Crippen molar-refractivity contribution in [3.05, 3.63) is 0 Å². The maximum Gasteiger partial charge on any atom is 0.128 e. The van der Waals surface area contributed by atoms with Crippen LogP contribution in [0.3, 0.4) is 0 Å². The fourth-order valence-corrected chi connectivity index (χ4v) is 3.39. The number of nitrogens with one attached hydrogen (secondary N) is 1. The van der Waals surface area contributed by atoms with Gasteiger partial charge in [-0.3, -0.25) is 0 Å². The summed E-state index contributed by atoms with van der Waals surface area (Å²) in [5, 5.41) is 3.35. The van der Waals surface area contributed by atoms with Crippen molar-refractivity contribution in [3.63, 3.8) is 0 Å². The zero-order valence-electron chi connectivity index (χ0n) is 11.1. The maximum atomic E-state index is 15.1. The molecule has 3 heteroatoms. The van der Waals surface area contributed by atoms with Gasteiger partial charge in [-0.05, 0) is 30.3 Å². The molecule has 2 fully saturated rings. The van der Waals surface area contributed by atoms with Gasteiger partial charge in [0, 0.05) is 25.8 Å². The predicted molar refractivity (Wildman–Crippen MR) is 69.3 cm³/mol. The van der Waals surface area contributed by atoms with E-state index in [0.29, 0.717) is 6.54 Å². The Bertz CT molecular complexity index is 204. The molecule has 2 aliphatic rings. The molecule has 0 aromatic rings. The molecule has 1 aliphatic carbocycles. The van der Waals surface area contributed by atoms with Crippen LogP contribution in [-0.2, 0) is 0 Å². The highest BCUT2D eigenvalue weighted by Crippen LogP contribution is 2.28. The van der Waals surface area contributed by atoms with Crippen LogP contribution in [0.25, 0.3) is 0 Å². The SMILES string of the molecule is F[N+]1(C2CCCCCCC2)CCCCNCC1. The minimum atomic E-state index is -0.146. The predicted octanol–water partition coefficient (Wildman–Crippen LogP) is 3.18. The van der Waals surface area contributed by atoms with Crippen LogP contribution in [0.1, 0.15) is 57.8 Å². The molecule has 1 unspecified atom stereocenters. The zero-order chi connectivity index (χ0) is 12.0. The molecule has 1 heterocycles. The summed E-state index contributed by atoms with van der Waals surface area (Å²) in [5.74, 6) is 0. The van der Waals surface area contributed by atoms with Gasteiger partial charge in [-0.15, -0.1) is 4.71 Å². The van der Waals surface area contributed by atoms with Crippen LogP contribution in [0, 0.1) is 0 Å². The smallest absolute Gasteiger partial charge is 0.128 e. The molecule has 1 saturated carbocycles. The summed E-state index contributed by atoms with van der Waals surface area (Å²) < 4.78 is 15.0. The molecular formula is C14H28FN2+. The molecule has 0 amide bonds. The van der Waals surface area contributed by atoms with Gasteiger partial charge in [-0.1, -0.05) is 19.3 Å². The van der Waals surface area contributed by atoms with Gasteiger partial charge in [-0.25, -0.2) is 0 Å². The third-order valence-corrected chi connectivity index (χ3v) is 4.52. The van der Waals surface area contributed by atoms with E-state index in [4.69, 9.17) is 0 Å². The van der Waals surface area contributed by atoms with Crippen molar-refractivity contribution in [2.24, 2.45) is 0 Å². The second kappa shape index (κ2) is 6.69. The van der Waals surface area contributed by atoms with Gasteiger partial charge in [0.25, 0.3) is 0 Å². The van der Waals surface area contributed by atoms with Crippen molar-refractivity contribution in [2.75, 3.05) is 26.2 Å². The molecule has 17 heavy (non-hydrogen) atoms. The minimum Gasteiger partial charge on any atom is -0.311 e. The van der Waals surface area contributed by atoms with E-state index in [9.17, 15) is 0 Å². The Kier molecular flexibility index (Phi) is 5.23. The number of nitrogens with zero attached hydrogens (tertiary/aromatic N) is 1. The van der Waals surface area contributed by atoms with Crippen LogP contribution in [0.15, 0.2) is 0 Å². The highest BCUT2D eigenvalue weighted by molar-refractivity contribution is 4.65. The highest BCUT2D eigenvalue weighted by atomic mass is 19.2. The topological polar surface area (TPSA) is 12.0 Å². The molecule has 100 valence electrons. The van der Waals surface area contributed by atoms with Gasteiger partial charge in [0.1, 0.15) is 19.1 Å². The Morgan fingerprint density at radius 2 is 1.47 bits per heavy atom. The first-order valence-corrected chi connectivity index (χ1v) is 7.58. The van der Waals surface area contributed by atoms with E-state index in [2.05, 4.69) is 5.32 Å². The van der Waals surface area contributed by atoms with Crippen molar-refractivity contribution in [3.8, 4) is 0 Å². The Labute approximate surface area is 105 Å². The molecule has 2 nitrogen and oxygen atoms in total. The first-order chi connectivity index (χ1) is 8.31. The highest BCUT2D eigenvalue weighted by Gasteiger charge is 2.38. The molecule has 0 bridgehead atoms. The number of halogens is 1. The normalized spacial score (nSPS) is 34.4. The molecular weight excluding hydrogens is 215 g/mol. The van der Waals surface area contributed by atoms with Crippen molar-refractivity contribution in [2.45, 2.75) is 63.8 Å². The summed E-state index contributed by atoms with van der Waals surface area (Å²) >= 11 is 0. The second-order valence-corrected chi connectivity index (χ2v) is 5.83. The third kappa shape index (κ3) is 3.92. The quantitative estimate of drug-likeness (QED) is 0.697. The standard InChI is InChI=1S/C14H28FN2/c15-17(12-7-6-10-16-11-13-17)14-8-4-2-1-3-5-9-14/h14,16H,1-13H2/q+1. The van der Waals surface area contributed by atoms with Crippen molar-refractivity contribution < 1.29 is 9.19 Å². The van der Waals surface area contributed by atoms with E-state index >= 15 is 4.48 Å². The summed E-state index contributed by atoms with van der Waals surface area (Å²) in [7, 11) is 0. The Morgan fingerprint density at radius 3 is 2.24 bits per heavy atom. The lowest BCUT2D eigenvalue weighted by Crippen LogP contribution is -2.53. The van der Waals surface area contributed by atoms with E-state index < -0.39 is 0 Å². The van der Waals surface area contributed by atoms with E-state index in [1.54, 1.807) is 0 Å². The summed E-state index contributed by atoms with van der Waals surface area (Å²) in [4.78, 5) is 0. The molecule has 1 N–H and O–H groups in total. The molecule has 0 radical (unpaired) electrons. The monoisotopic (exact) mass is 243 g/mol. The van der Waals surface area contributed by atoms with Crippen LogP contribution in [0.4, 0.5) is 4.48 Å². The van der Waals surface area contributed by atoms with Crippen LogP contribution >= 0.6 is 0 Å². The minimum absolute atomic E-state index is 0.146. The van der Waals surface area contributed by atoms with E-state index in [1.807, 2.05) is 0 Å². The lowest BCUT2D eigenvalue weighted by atomic mass is 9.95. The Balaban J connectivity index is 1.94. The number of quaternary nitrogens is 1. The maximum absolute atomic E-state index is 15.1. The van der Waals surface area contributed by atoms with Gasteiger partial charge in [0.15, 0.2) is 0 Å². The lowest BCUT2D eigenvalue weighted by Gasteiger charge is -2.36. The largest absolute Gasteiger partial charge is 0.311 e. The molecule has 0 aromatic heterocycles. The van der Waals surface area contributed by atoms with Crippen LogP contribution in [-0.4, -0.2) is 36.9 Å². The van der Waals surface area contributed by atoms with Crippen molar-refractivity contribution >= 4 is 0 Å². The van der Waals surface area contributed by atoms with E-state index in [0.717, 1.165) is 45.3 Å². The summed E-state index contributed by atoms with van der Waals surface area (Å²) in [6, 6.07) is 0.287. The van der Waals surface area contributed by atoms with Gasteiger partial charge < -0.3 is 5.32 Å². The molecule has 1 saturated heterocycles. The van der Waals surface area contributed by atoms with Crippen molar-refractivity contribution in [1.82, 2.24) is 5.32 Å².